The summed E-state index contributed by atoms with van der Waals surface area (Å²) in [5.41, 5.74) is 6.42. The molecule has 78 valence electrons. The van der Waals surface area contributed by atoms with Crippen molar-refractivity contribution in [2.75, 3.05) is 12.3 Å². The SMILES string of the molecule is Nc1ccccc1OCCc1nccs1. The van der Waals surface area contributed by atoms with Crippen molar-refractivity contribution < 1.29 is 4.74 Å². The molecule has 0 aliphatic carbocycles. The van der Waals surface area contributed by atoms with Crippen LogP contribution in [0, 0.1) is 0 Å². The standard InChI is InChI=1S/C11H12N2OS/c12-9-3-1-2-4-10(9)14-7-5-11-13-6-8-15-11/h1-4,6,8H,5,7,12H2. The summed E-state index contributed by atoms with van der Waals surface area (Å²) in [5.74, 6) is 0.744. The minimum Gasteiger partial charge on any atom is -0.491 e. The molecule has 0 fully saturated rings. The number of hydrogen-bond acceptors (Lipinski definition) is 4. The second-order valence-electron chi connectivity index (χ2n) is 3.06. The lowest BCUT2D eigenvalue weighted by atomic mass is 10.3. The number of ether oxygens (including phenoxy) is 1. The van der Waals surface area contributed by atoms with Gasteiger partial charge in [0.2, 0.25) is 0 Å². The van der Waals surface area contributed by atoms with Crippen LogP contribution >= 0.6 is 11.3 Å². The van der Waals surface area contributed by atoms with Gasteiger partial charge in [-0.15, -0.1) is 11.3 Å². The van der Waals surface area contributed by atoms with Crippen LogP contribution in [-0.4, -0.2) is 11.6 Å². The smallest absolute Gasteiger partial charge is 0.142 e. The van der Waals surface area contributed by atoms with Crippen molar-refractivity contribution in [2.24, 2.45) is 0 Å². The van der Waals surface area contributed by atoms with Crippen LogP contribution in [0.4, 0.5) is 5.69 Å². The molecular weight excluding hydrogens is 208 g/mol. The molecule has 2 N–H and O–H groups in total. The zero-order valence-electron chi connectivity index (χ0n) is 8.22. The van der Waals surface area contributed by atoms with Crippen LogP contribution in [0.15, 0.2) is 35.8 Å². The van der Waals surface area contributed by atoms with E-state index in [1.54, 1.807) is 17.5 Å². The van der Waals surface area contributed by atoms with Crippen LogP contribution in [0.5, 0.6) is 5.75 Å². The zero-order chi connectivity index (χ0) is 10.5. The highest BCUT2D eigenvalue weighted by Gasteiger charge is 1.99. The van der Waals surface area contributed by atoms with Gasteiger partial charge in [0.1, 0.15) is 5.75 Å². The second kappa shape index (κ2) is 4.79. The largest absolute Gasteiger partial charge is 0.491 e. The third kappa shape index (κ3) is 2.70. The lowest BCUT2D eigenvalue weighted by Gasteiger charge is -2.06. The van der Waals surface area contributed by atoms with Crippen molar-refractivity contribution in [1.82, 2.24) is 4.98 Å². The summed E-state index contributed by atoms with van der Waals surface area (Å²) < 4.78 is 5.55. The summed E-state index contributed by atoms with van der Waals surface area (Å²) in [6.07, 6.45) is 2.63. The van der Waals surface area contributed by atoms with E-state index in [2.05, 4.69) is 4.98 Å². The Morgan fingerprint density at radius 1 is 1.33 bits per heavy atom. The van der Waals surface area contributed by atoms with Crippen molar-refractivity contribution in [3.05, 3.63) is 40.8 Å². The lowest BCUT2D eigenvalue weighted by molar-refractivity contribution is 0.323. The molecule has 0 aliphatic heterocycles. The highest BCUT2D eigenvalue weighted by molar-refractivity contribution is 7.09. The number of thiazole rings is 1. The maximum Gasteiger partial charge on any atom is 0.142 e. The number of anilines is 1. The van der Waals surface area contributed by atoms with Crippen molar-refractivity contribution in [2.45, 2.75) is 6.42 Å². The number of para-hydroxylation sites is 2. The molecule has 0 unspecified atom stereocenters. The number of nitrogens with zero attached hydrogens (tertiary/aromatic N) is 1. The van der Waals surface area contributed by atoms with E-state index >= 15 is 0 Å². The molecule has 0 spiro atoms. The molecule has 0 radical (unpaired) electrons. The summed E-state index contributed by atoms with van der Waals surface area (Å²) in [7, 11) is 0. The van der Waals surface area contributed by atoms with Gasteiger partial charge in [-0.05, 0) is 12.1 Å². The van der Waals surface area contributed by atoms with Gasteiger partial charge in [-0.1, -0.05) is 12.1 Å². The van der Waals surface area contributed by atoms with E-state index in [1.165, 1.54) is 0 Å². The monoisotopic (exact) mass is 220 g/mol. The molecule has 4 heteroatoms. The highest BCUT2D eigenvalue weighted by atomic mass is 32.1. The first-order valence-corrected chi connectivity index (χ1v) is 5.60. The van der Waals surface area contributed by atoms with Gasteiger partial charge >= 0.3 is 0 Å². The molecule has 2 aromatic rings. The van der Waals surface area contributed by atoms with Crippen LogP contribution in [0.25, 0.3) is 0 Å². The van der Waals surface area contributed by atoms with Crippen molar-refractivity contribution >= 4 is 17.0 Å². The molecule has 1 aromatic heterocycles. The van der Waals surface area contributed by atoms with Gasteiger partial charge in [0.05, 0.1) is 17.3 Å². The van der Waals surface area contributed by atoms with Crippen molar-refractivity contribution in [1.29, 1.82) is 0 Å². The summed E-state index contributed by atoms with van der Waals surface area (Å²) in [6, 6.07) is 7.51. The highest BCUT2D eigenvalue weighted by Crippen LogP contribution is 2.19. The van der Waals surface area contributed by atoms with Gasteiger partial charge in [0.15, 0.2) is 0 Å². The average Bonchev–Trinajstić information content (AvgIpc) is 2.74. The van der Waals surface area contributed by atoms with Gasteiger partial charge < -0.3 is 10.5 Å². The first-order valence-electron chi connectivity index (χ1n) is 4.72. The van der Waals surface area contributed by atoms with E-state index in [0.29, 0.717) is 12.3 Å². The molecule has 2 rings (SSSR count). The molecule has 0 bridgehead atoms. The van der Waals surface area contributed by atoms with Gasteiger partial charge in [-0.25, -0.2) is 4.98 Å². The van der Waals surface area contributed by atoms with Gasteiger partial charge in [0.25, 0.3) is 0 Å². The number of nitrogens with two attached hydrogens (primary N) is 1. The Morgan fingerprint density at radius 2 is 2.20 bits per heavy atom. The van der Waals surface area contributed by atoms with Crippen molar-refractivity contribution in [3.63, 3.8) is 0 Å². The fraction of sp³-hybridized carbons (Fsp3) is 0.182. The predicted molar refractivity (Wildman–Crippen MR) is 62.2 cm³/mol. The summed E-state index contributed by atoms with van der Waals surface area (Å²) in [5, 5.41) is 3.05. The maximum atomic E-state index is 5.74. The van der Waals surface area contributed by atoms with Crippen LogP contribution in [0.2, 0.25) is 0 Å². The lowest BCUT2D eigenvalue weighted by Crippen LogP contribution is -2.02. The molecule has 0 aliphatic rings. The van der Waals surface area contributed by atoms with Gasteiger partial charge in [-0.2, -0.15) is 0 Å². The quantitative estimate of drug-likeness (QED) is 0.804. The number of hydrogen-bond donors (Lipinski definition) is 1. The van der Waals surface area contributed by atoms with Crippen LogP contribution < -0.4 is 10.5 Å². The molecule has 0 saturated heterocycles. The Kier molecular flexibility index (Phi) is 3.19. The topological polar surface area (TPSA) is 48.1 Å². The molecule has 0 atom stereocenters. The number of aromatic nitrogens is 1. The third-order valence-electron chi connectivity index (χ3n) is 1.98. The fourth-order valence-corrected chi connectivity index (χ4v) is 1.84. The van der Waals surface area contributed by atoms with Crippen LogP contribution in [0.3, 0.4) is 0 Å². The Hall–Kier alpha value is -1.55. The number of benzene rings is 1. The van der Waals surface area contributed by atoms with Gasteiger partial charge in [-0.3, -0.25) is 0 Å². The Morgan fingerprint density at radius 3 is 2.93 bits per heavy atom. The van der Waals surface area contributed by atoms with E-state index in [4.69, 9.17) is 10.5 Å². The maximum absolute atomic E-state index is 5.74. The Balaban J connectivity index is 1.86. The fourth-order valence-electron chi connectivity index (χ4n) is 1.24. The van der Waals surface area contributed by atoms with Crippen LogP contribution in [-0.2, 0) is 6.42 Å². The van der Waals surface area contributed by atoms with E-state index in [-0.39, 0.29) is 0 Å². The molecule has 1 heterocycles. The normalized spacial score (nSPS) is 10.1. The Labute approximate surface area is 92.5 Å². The minimum atomic E-state index is 0.613. The van der Waals surface area contributed by atoms with E-state index < -0.39 is 0 Å². The van der Waals surface area contributed by atoms with Gasteiger partial charge in [0, 0.05) is 18.0 Å². The summed E-state index contributed by atoms with van der Waals surface area (Å²) in [4.78, 5) is 4.18. The molecule has 0 saturated carbocycles. The Bertz CT molecular complexity index is 414. The average molecular weight is 220 g/mol. The predicted octanol–water partition coefficient (Wildman–Crippen LogP) is 2.35. The first-order chi connectivity index (χ1) is 7.36. The molecule has 3 nitrogen and oxygen atoms in total. The molecular formula is C11H12N2OS. The first kappa shape index (κ1) is 9.98. The molecule has 0 amide bonds. The van der Waals surface area contributed by atoms with E-state index in [0.717, 1.165) is 17.2 Å². The summed E-state index contributed by atoms with van der Waals surface area (Å²) >= 11 is 1.64. The number of nitrogen functional groups attached to an aromatic ring is 1. The molecule has 15 heavy (non-hydrogen) atoms. The van der Waals surface area contributed by atoms with E-state index in [9.17, 15) is 0 Å². The second-order valence-corrected chi connectivity index (χ2v) is 4.04. The van der Waals surface area contributed by atoms with E-state index in [1.807, 2.05) is 29.6 Å². The number of rotatable bonds is 4. The third-order valence-corrected chi connectivity index (χ3v) is 2.82. The van der Waals surface area contributed by atoms with Crippen LogP contribution in [0.1, 0.15) is 5.01 Å². The zero-order valence-corrected chi connectivity index (χ0v) is 9.04. The summed E-state index contributed by atoms with van der Waals surface area (Å²) in [6.45, 7) is 0.613. The minimum absolute atomic E-state index is 0.613. The van der Waals surface area contributed by atoms with Crippen molar-refractivity contribution in [3.8, 4) is 5.75 Å². The molecule has 1 aromatic carbocycles.